The van der Waals surface area contributed by atoms with E-state index >= 15 is 0 Å². The second kappa shape index (κ2) is 5.74. The third-order valence-corrected chi connectivity index (χ3v) is 2.87. The van der Waals surface area contributed by atoms with Gasteiger partial charge in [-0.3, -0.25) is 0 Å². The molecule has 1 aliphatic heterocycles. The first-order valence-corrected chi connectivity index (χ1v) is 6.51. The molecule has 7 heteroatoms. The molecule has 2 aromatic rings. The highest BCUT2D eigenvalue weighted by molar-refractivity contribution is 5.87. The van der Waals surface area contributed by atoms with Gasteiger partial charge in [0.25, 0.3) is 6.01 Å². The first-order chi connectivity index (χ1) is 10.3. The van der Waals surface area contributed by atoms with Gasteiger partial charge in [-0.15, -0.1) is 0 Å². The molecule has 110 valence electrons. The van der Waals surface area contributed by atoms with E-state index in [1.165, 1.54) is 6.26 Å². The molecule has 0 fully saturated rings. The number of benzene rings is 1. The van der Waals surface area contributed by atoms with Crippen molar-refractivity contribution in [3.05, 3.63) is 35.7 Å². The number of hydrogen-bond acceptors (Lipinski definition) is 7. The maximum absolute atomic E-state index is 11.5. The van der Waals surface area contributed by atoms with Crippen molar-refractivity contribution in [2.45, 2.75) is 13.5 Å². The number of aromatic nitrogens is 1. The van der Waals surface area contributed by atoms with Crippen LogP contribution in [0.1, 0.15) is 23.0 Å². The number of anilines is 1. The lowest BCUT2D eigenvalue weighted by atomic mass is 10.2. The van der Waals surface area contributed by atoms with Gasteiger partial charge in [-0.2, -0.15) is 4.98 Å². The summed E-state index contributed by atoms with van der Waals surface area (Å²) in [5.41, 5.74) is 1.13. The zero-order valence-corrected chi connectivity index (χ0v) is 11.4. The molecule has 0 aliphatic carbocycles. The summed E-state index contributed by atoms with van der Waals surface area (Å²) >= 11 is 0. The predicted octanol–water partition coefficient (Wildman–Crippen LogP) is 2.19. The number of nitrogens with one attached hydrogen (secondary N) is 1. The Hall–Kier alpha value is -2.70. The van der Waals surface area contributed by atoms with Crippen molar-refractivity contribution in [3.8, 4) is 11.5 Å². The highest BCUT2D eigenvalue weighted by atomic mass is 16.7. The molecule has 0 unspecified atom stereocenters. The molecule has 0 amide bonds. The smallest absolute Gasteiger partial charge is 0.360 e. The number of rotatable bonds is 5. The van der Waals surface area contributed by atoms with Crippen LogP contribution in [0.25, 0.3) is 0 Å². The average Bonchev–Trinajstić information content (AvgIpc) is 3.14. The fourth-order valence-electron chi connectivity index (χ4n) is 1.88. The Kier molecular flexibility index (Phi) is 3.63. The van der Waals surface area contributed by atoms with Crippen molar-refractivity contribution >= 4 is 12.0 Å². The van der Waals surface area contributed by atoms with Gasteiger partial charge in [-0.1, -0.05) is 6.07 Å². The van der Waals surface area contributed by atoms with Gasteiger partial charge in [-0.25, -0.2) is 4.79 Å². The second-order valence-corrected chi connectivity index (χ2v) is 4.30. The Morgan fingerprint density at radius 2 is 2.24 bits per heavy atom. The molecule has 21 heavy (non-hydrogen) atoms. The molecule has 0 bridgehead atoms. The number of carbonyl (C=O) groups excluding carboxylic acids is 1. The number of fused-ring (bicyclic) bond motifs is 1. The molecular formula is C14H14N2O5. The quantitative estimate of drug-likeness (QED) is 0.845. The van der Waals surface area contributed by atoms with Crippen molar-refractivity contribution < 1.29 is 23.4 Å². The van der Waals surface area contributed by atoms with Crippen LogP contribution in [0.2, 0.25) is 0 Å². The van der Waals surface area contributed by atoms with Crippen LogP contribution in [0.3, 0.4) is 0 Å². The predicted molar refractivity (Wildman–Crippen MR) is 72.4 cm³/mol. The summed E-state index contributed by atoms with van der Waals surface area (Å²) in [4.78, 5) is 15.5. The first kappa shape index (κ1) is 13.3. The summed E-state index contributed by atoms with van der Waals surface area (Å²) in [6.07, 6.45) is 1.26. The summed E-state index contributed by atoms with van der Waals surface area (Å²) in [5.74, 6) is 0.950. The van der Waals surface area contributed by atoms with Gasteiger partial charge >= 0.3 is 5.97 Å². The minimum Gasteiger partial charge on any atom is -0.461 e. The molecule has 1 aromatic heterocycles. The number of esters is 1. The Bertz CT molecular complexity index is 653. The van der Waals surface area contributed by atoms with E-state index in [2.05, 4.69) is 10.3 Å². The van der Waals surface area contributed by atoms with E-state index in [0.29, 0.717) is 18.9 Å². The number of carbonyl (C=O) groups is 1. The minimum absolute atomic E-state index is 0.144. The van der Waals surface area contributed by atoms with Crippen LogP contribution >= 0.6 is 0 Å². The third-order valence-electron chi connectivity index (χ3n) is 2.87. The Morgan fingerprint density at radius 1 is 1.38 bits per heavy atom. The summed E-state index contributed by atoms with van der Waals surface area (Å²) in [5, 5.41) is 2.99. The number of hydrogen-bond donors (Lipinski definition) is 1. The van der Waals surface area contributed by atoms with E-state index in [0.717, 1.165) is 11.3 Å². The van der Waals surface area contributed by atoms with E-state index in [1.807, 2.05) is 18.2 Å². The molecule has 0 saturated carbocycles. The van der Waals surface area contributed by atoms with E-state index in [4.69, 9.17) is 18.6 Å². The largest absolute Gasteiger partial charge is 0.461 e. The van der Waals surface area contributed by atoms with Crippen LogP contribution in [-0.4, -0.2) is 24.4 Å². The molecule has 2 heterocycles. The normalized spacial score (nSPS) is 12.2. The maximum Gasteiger partial charge on any atom is 0.360 e. The lowest BCUT2D eigenvalue weighted by molar-refractivity contribution is 0.0519. The summed E-state index contributed by atoms with van der Waals surface area (Å²) in [7, 11) is 0. The van der Waals surface area contributed by atoms with Gasteiger partial charge in [0.1, 0.15) is 6.26 Å². The van der Waals surface area contributed by atoms with Gasteiger partial charge in [0.15, 0.2) is 17.2 Å². The molecule has 0 spiro atoms. The zero-order valence-electron chi connectivity index (χ0n) is 11.4. The van der Waals surface area contributed by atoms with E-state index in [1.54, 1.807) is 6.92 Å². The van der Waals surface area contributed by atoms with Crippen LogP contribution in [0.5, 0.6) is 11.5 Å². The zero-order chi connectivity index (χ0) is 14.7. The molecule has 1 aromatic carbocycles. The van der Waals surface area contributed by atoms with Crippen molar-refractivity contribution in [3.63, 3.8) is 0 Å². The number of oxazole rings is 1. The van der Waals surface area contributed by atoms with Crippen molar-refractivity contribution in [2.75, 3.05) is 18.7 Å². The second-order valence-electron chi connectivity index (χ2n) is 4.30. The fourth-order valence-corrected chi connectivity index (χ4v) is 1.88. The van der Waals surface area contributed by atoms with Crippen LogP contribution in [0.4, 0.5) is 6.01 Å². The van der Waals surface area contributed by atoms with E-state index in [9.17, 15) is 4.79 Å². The first-order valence-electron chi connectivity index (χ1n) is 6.51. The van der Waals surface area contributed by atoms with Crippen molar-refractivity contribution in [2.24, 2.45) is 0 Å². The SMILES string of the molecule is CCOC(=O)c1coc(NCc2ccc3c(c2)OCO3)n1. The summed E-state index contributed by atoms with van der Waals surface area (Å²) < 4.78 is 20.5. The minimum atomic E-state index is -0.502. The van der Waals surface area contributed by atoms with Crippen LogP contribution in [0, 0.1) is 0 Å². The van der Waals surface area contributed by atoms with Gasteiger partial charge < -0.3 is 23.9 Å². The van der Waals surface area contributed by atoms with Crippen LogP contribution in [-0.2, 0) is 11.3 Å². The highest BCUT2D eigenvalue weighted by Crippen LogP contribution is 2.32. The van der Waals surface area contributed by atoms with E-state index in [-0.39, 0.29) is 18.5 Å². The Labute approximate surface area is 120 Å². The number of nitrogens with zero attached hydrogens (tertiary/aromatic N) is 1. The lowest BCUT2D eigenvalue weighted by Gasteiger charge is -2.03. The van der Waals surface area contributed by atoms with E-state index < -0.39 is 5.97 Å². The van der Waals surface area contributed by atoms with Crippen molar-refractivity contribution in [1.29, 1.82) is 0 Å². The lowest BCUT2D eigenvalue weighted by Crippen LogP contribution is -2.05. The Balaban J connectivity index is 1.61. The summed E-state index contributed by atoms with van der Waals surface area (Å²) in [6, 6.07) is 5.90. The monoisotopic (exact) mass is 290 g/mol. The van der Waals surface area contributed by atoms with Crippen LogP contribution < -0.4 is 14.8 Å². The number of ether oxygens (including phenoxy) is 3. The van der Waals surface area contributed by atoms with Gasteiger partial charge in [0.2, 0.25) is 6.79 Å². The molecule has 3 rings (SSSR count). The molecule has 1 N–H and O–H groups in total. The summed E-state index contributed by atoms with van der Waals surface area (Å²) in [6.45, 7) is 2.76. The highest BCUT2D eigenvalue weighted by Gasteiger charge is 2.15. The maximum atomic E-state index is 11.5. The molecule has 0 saturated heterocycles. The van der Waals surface area contributed by atoms with Gasteiger partial charge in [-0.05, 0) is 24.6 Å². The fraction of sp³-hybridized carbons (Fsp3) is 0.286. The van der Waals surface area contributed by atoms with Crippen molar-refractivity contribution in [1.82, 2.24) is 4.98 Å². The Morgan fingerprint density at radius 3 is 3.10 bits per heavy atom. The molecule has 1 aliphatic rings. The average molecular weight is 290 g/mol. The van der Waals surface area contributed by atoms with Crippen LogP contribution in [0.15, 0.2) is 28.9 Å². The third kappa shape index (κ3) is 2.91. The standard InChI is InChI=1S/C14H14N2O5/c1-2-18-13(17)10-7-19-14(16-10)15-6-9-3-4-11-12(5-9)21-8-20-11/h3-5,7H,2,6,8H2,1H3,(H,15,16). The molecule has 7 nitrogen and oxygen atoms in total. The molecule has 0 radical (unpaired) electrons. The topological polar surface area (TPSA) is 82.8 Å². The molecular weight excluding hydrogens is 276 g/mol. The van der Waals surface area contributed by atoms with Gasteiger partial charge in [0.05, 0.1) is 6.61 Å². The molecule has 0 atom stereocenters. The van der Waals surface area contributed by atoms with Gasteiger partial charge in [0, 0.05) is 6.54 Å².